The lowest BCUT2D eigenvalue weighted by molar-refractivity contribution is -0.116. The number of carbonyl (C=O) groups excluding carboxylic acids is 3. The van der Waals surface area contributed by atoms with Crippen molar-refractivity contribution in [3.05, 3.63) is 53.5 Å². The minimum absolute atomic E-state index is 0.0916. The molecule has 0 spiro atoms. The van der Waals surface area contributed by atoms with E-state index < -0.39 is 5.97 Å². The van der Waals surface area contributed by atoms with Crippen LogP contribution in [0.15, 0.2) is 41.0 Å². The zero-order valence-electron chi connectivity index (χ0n) is 13.4. The topological polar surface area (TPSA) is 97.6 Å². The molecule has 7 nitrogen and oxygen atoms in total. The highest BCUT2D eigenvalue weighted by Crippen LogP contribution is 2.19. The van der Waals surface area contributed by atoms with Crippen molar-refractivity contribution >= 4 is 23.5 Å². The Kier molecular flexibility index (Phi) is 5.73. The third-order valence-electron chi connectivity index (χ3n) is 3.40. The average molecular weight is 330 g/mol. The molecule has 1 aromatic carbocycles. The Hall–Kier alpha value is -3.09. The summed E-state index contributed by atoms with van der Waals surface area (Å²) in [5.41, 5.74) is 1.54. The Morgan fingerprint density at radius 3 is 2.62 bits per heavy atom. The zero-order chi connectivity index (χ0) is 17.5. The van der Waals surface area contributed by atoms with E-state index in [0.717, 1.165) is 0 Å². The first-order valence-corrected chi connectivity index (χ1v) is 7.32. The summed E-state index contributed by atoms with van der Waals surface area (Å²) in [4.78, 5) is 35.3. The summed E-state index contributed by atoms with van der Waals surface area (Å²) >= 11 is 0. The van der Waals surface area contributed by atoms with E-state index in [1.165, 1.54) is 19.4 Å². The summed E-state index contributed by atoms with van der Waals surface area (Å²) in [7, 11) is 1.30. The second-order valence-electron chi connectivity index (χ2n) is 5.00. The smallest absolute Gasteiger partial charge is 0.338 e. The number of nitrogens with one attached hydrogen (secondary N) is 2. The van der Waals surface area contributed by atoms with Crippen molar-refractivity contribution < 1.29 is 23.5 Å². The standard InChI is InChI=1S/C17H18N2O5/c1-11-12(17(22)23-2)5-3-6-13(11)19-15(20)8-9-18-16(21)14-7-4-10-24-14/h3-7,10H,8-9H2,1-2H3,(H,18,21)(H,19,20). The third-order valence-corrected chi connectivity index (χ3v) is 3.40. The molecule has 0 unspecified atom stereocenters. The molecule has 0 saturated carbocycles. The summed E-state index contributed by atoms with van der Waals surface area (Å²) in [5, 5.41) is 5.30. The summed E-state index contributed by atoms with van der Waals surface area (Å²) in [6.45, 7) is 1.89. The molecule has 0 radical (unpaired) electrons. The highest BCUT2D eigenvalue weighted by molar-refractivity contribution is 5.97. The van der Waals surface area contributed by atoms with Crippen LogP contribution in [0, 0.1) is 6.92 Å². The predicted octanol–water partition coefficient (Wildman–Crippen LogP) is 2.13. The molecule has 0 aliphatic carbocycles. The number of carbonyl (C=O) groups is 3. The van der Waals surface area contributed by atoms with Crippen LogP contribution in [0.5, 0.6) is 0 Å². The molecular weight excluding hydrogens is 312 g/mol. The van der Waals surface area contributed by atoms with Crippen molar-refractivity contribution in [2.75, 3.05) is 19.0 Å². The number of furan rings is 1. The van der Waals surface area contributed by atoms with E-state index in [2.05, 4.69) is 10.6 Å². The molecule has 2 N–H and O–H groups in total. The van der Waals surface area contributed by atoms with Crippen LogP contribution in [0.1, 0.15) is 32.9 Å². The first-order valence-electron chi connectivity index (χ1n) is 7.32. The van der Waals surface area contributed by atoms with Gasteiger partial charge in [0.25, 0.3) is 5.91 Å². The molecule has 0 aliphatic heterocycles. The number of ether oxygens (including phenoxy) is 1. The van der Waals surface area contributed by atoms with Gasteiger partial charge in [0.2, 0.25) is 5.91 Å². The number of amides is 2. The summed E-state index contributed by atoms with van der Waals surface area (Å²) in [6, 6.07) is 8.13. The van der Waals surface area contributed by atoms with Crippen molar-refractivity contribution in [3.63, 3.8) is 0 Å². The first-order chi connectivity index (χ1) is 11.5. The minimum Gasteiger partial charge on any atom is -0.465 e. The number of hydrogen-bond acceptors (Lipinski definition) is 5. The Morgan fingerprint density at radius 2 is 1.96 bits per heavy atom. The van der Waals surface area contributed by atoms with Gasteiger partial charge in [0.1, 0.15) is 0 Å². The lowest BCUT2D eigenvalue weighted by Crippen LogP contribution is -2.27. The van der Waals surface area contributed by atoms with Gasteiger partial charge in [0, 0.05) is 18.7 Å². The van der Waals surface area contributed by atoms with E-state index in [-0.39, 0.29) is 30.5 Å². The second-order valence-corrected chi connectivity index (χ2v) is 5.00. The van der Waals surface area contributed by atoms with Gasteiger partial charge in [-0.05, 0) is 36.8 Å². The fourth-order valence-corrected chi connectivity index (χ4v) is 2.10. The maximum absolute atomic E-state index is 12.0. The fourth-order valence-electron chi connectivity index (χ4n) is 2.10. The van der Waals surface area contributed by atoms with Crippen molar-refractivity contribution in [1.29, 1.82) is 0 Å². The van der Waals surface area contributed by atoms with Gasteiger partial charge < -0.3 is 19.8 Å². The quantitative estimate of drug-likeness (QED) is 0.791. The van der Waals surface area contributed by atoms with Crippen LogP contribution in [-0.4, -0.2) is 31.4 Å². The van der Waals surface area contributed by atoms with Crippen LogP contribution in [0.4, 0.5) is 5.69 Å². The normalized spacial score (nSPS) is 10.1. The summed E-state index contributed by atoms with van der Waals surface area (Å²) in [5.74, 6) is -0.928. The van der Waals surface area contributed by atoms with Crippen LogP contribution in [-0.2, 0) is 9.53 Å². The van der Waals surface area contributed by atoms with Crippen molar-refractivity contribution in [1.82, 2.24) is 5.32 Å². The molecule has 0 saturated heterocycles. The molecule has 0 fully saturated rings. The maximum atomic E-state index is 12.0. The Morgan fingerprint density at radius 1 is 1.17 bits per heavy atom. The molecule has 2 amide bonds. The average Bonchev–Trinajstić information content (AvgIpc) is 3.10. The molecule has 0 bridgehead atoms. The number of benzene rings is 1. The number of hydrogen-bond donors (Lipinski definition) is 2. The molecule has 0 aliphatic rings. The van der Waals surface area contributed by atoms with Gasteiger partial charge in [-0.15, -0.1) is 0 Å². The molecule has 7 heteroatoms. The van der Waals surface area contributed by atoms with Gasteiger partial charge in [-0.25, -0.2) is 4.79 Å². The predicted molar refractivity (Wildman–Crippen MR) is 86.8 cm³/mol. The number of esters is 1. The summed E-state index contributed by atoms with van der Waals surface area (Å²) < 4.78 is 9.65. The molecule has 24 heavy (non-hydrogen) atoms. The lowest BCUT2D eigenvalue weighted by Gasteiger charge is -2.11. The SMILES string of the molecule is COC(=O)c1cccc(NC(=O)CCNC(=O)c2ccco2)c1C. The van der Waals surface area contributed by atoms with Crippen molar-refractivity contribution in [3.8, 4) is 0 Å². The number of rotatable bonds is 6. The zero-order valence-corrected chi connectivity index (χ0v) is 13.4. The van der Waals surface area contributed by atoms with Crippen molar-refractivity contribution in [2.24, 2.45) is 0 Å². The van der Waals surface area contributed by atoms with Crippen LogP contribution >= 0.6 is 0 Å². The highest BCUT2D eigenvalue weighted by atomic mass is 16.5. The van der Waals surface area contributed by atoms with Gasteiger partial charge in [0.05, 0.1) is 18.9 Å². The van der Waals surface area contributed by atoms with E-state index in [9.17, 15) is 14.4 Å². The van der Waals surface area contributed by atoms with Gasteiger partial charge >= 0.3 is 5.97 Å². The molecule has 1 heterocycles. The van der Waals surface area contributed by atoms with Crippen LogP contribution in [0.25, 0.3) is 0 Å². The lowest BCUT2D eigenvalue weighted by atomic mass is 10.1. The highest BCUT2D eigenvalue weighted by Gasteiger charge is 2.14. The summed E-state index contributed by atoms with van der Waals surface area (Å²) in [6.07, 6.45) is 1.49. The first kappa shape index (κ1) is 17.3. The minimum atomic E-state index is -0.464. The van der Waals surface area contributed by atoms with Crippen LogP contribution in [0.3, 0.4) is 0 Å². The molecular formula is C17H18N2O5. The molecule has 2 rings (SSSR count). The number of methoxy groups -OCH3 is 1. The van der Waals surface area contributed by atoms with Gasteiger partial charge in [0.15, 0.2) is 5.76 Å². The molecule has 126 valence electrons. The molecule has 1 aromatic heterocycles. The van der Waals surface area contributed by atoms with Crippen molar-refractivity contribution in [2.45, 2.75) is 13.3 Å². The van der Waals surface area contributed by atoms with Gasteiger partial charge in [-0.3, -0.25) is 9.59 Å². The third kappa shape index (κ3) is 4.22. The fraction of sp³-hybridized carbons (Fsp3) is 0.235. The van der Waals surface area contributed by atoms with E-state index in [1.807, 2.05) is 0 Å². The Balaban J connectivity index is 1.88. The monoisotopic (exact) mass is 330 g/mol. The Labute approximate surface area is 139 Å². The van der Waals surface area contributed by atoms with Crippen LogP contribution in [0.2, 0.25) is 0 Å². The number of anilines is 1. The molecule has 2 aromatic rings. The van der Waals surface area contributed by atoms with E-state index in [1.54, 1.807) is 31.2 Å². The van der Waals surface area contributed by atoms with Gasteiger partial charge in [-0.1, -0.05) is 6.07 Å². The van der Waals surface area contributed by atoms with E-state index in [4.69, 9.17) is 9.15 Å². The maximum Gasteiger partial charge on any atom is 0.338 e. The van der Waals surface area contributed by atoms with Gasteiger partial charge in [-0.2, -0.15) is 0 Å². The molecule has 0 atom stereocenters. The largest absolute Gasteiger partial charge is 0.465 e. The van der Waals surface area contributed by atoms with E-state index >= 15 is 0 Å². The Bertz CT molecular complexity index is 737. The second kappa shape index (κ2) is 7.96. The van der Waals surface area contributed by atoms with Crippen LogP contribution < -0.4 is 10.6 Å². The van der Waals surface area contributed by atoms with E-state index in [0.29, 0.717) is 16.8 Å².